The summed E-state index contributed by atoms with van der Waals surface area (Å²) in [5, 5.41) is 12.6. The molecule has 0 atom stereocenters. The lowest BCUT2D eigenvalue weighted by Crippen LogP contribution is -2.12. The Labute approximate surface area is 155 Å². The monoisotopic (exact) mass is 402 g/mol. The molecule has 0 aliphatic carbocycles. The number of ether oxygens (including phenoxy) is 1. The van der Waals surface area contributed by atoms with Crippen LogP contribution in [0.2, 0.25) is 0 Å². The Balaban J connectivity index is 2.24. The standard InChI is InChI=1S/C18H12F6N2O2/c1-27-15-4-2-12(3-5-15)16(9-25)26-28-10-11-6-13(17(19,20)21)8-14(7-11)18(22,23)24/h2-8H,10H2,1H3/b26-16-. The Morgan fingerprint density at radius 1 is 0.964 bits per heavy atom. The summed E-state index contributed by atoms with van der Waals surface area (Å²) in [6, 6.07) is 8.91. The molecule has 0 fully saturated rings. The molecule has 0 heterocycles. The van der Waals surface area contributed by atoms with E-state index in [0.717, 1.165) is 0 Å². The van der Waals surface area contributed by atoms with Gasteiger partial charge in [0.05, 0.1) is 18.2 Å². The molecule has 28 heavy (non-hydrogen) atoms. The molecule has 0 spiro atoms. The van der Waals surface area contributed by atoms with Gasteiger partial charge in [0.1, 0.15) is 18.4 Å². The number of hydrogen-bond donors (Lipinski definition) is 0. The predicted octanol–water partition coefficient (Wildman–Crippen LogP) is 5.18. The van der Waals surface area contributed by atoms with Crippen molar-refractivity contribution in [2.45, 2.75) is 19.0 Å². The molecule has 2 aromatic carbocycles. The molecule has 0 aliphatic heterocycles. The van der Waals surface area contributed by atoms with Crippen LogP contribution >= 0.6 is 0 Å². The number of oxime groups is 1. The van der Waals surface area contributed by atoms with E-state index >= 15 is 0 Å². The van der Waals surface area contributed by atoms with E-state index in [2.05, 4.69) is 5.16 Å². The van der Waals surface area contributed by atoms with Crippen LogP contribution in [0.5, 0.6) is 5.75 Å². The van der Waals surface area contributed by atoms with Crippen molar-refractivity contribution < 1.29 is 35.9 Å². The van der Waals surface area contributed by atoms with E-state index in [-0.39, 0.29) is 11.8 Å². The van der Waals surface area contributed by atoms with Gasteiger partial charge < -0.3 is 9.57 Å². The number of benzene rings is 2. The fourth-order valence-electron chi connectivity index (χ4n) is 2.16. The van der Waals surface area contributed by atoms with E-state index < -0.39 is 35.6 Å². The van der Waals surface area contributed by atoms with Gasteiger partial charge in [0.15, 0.2) is 5.71 Å². The van der Waals surface area contributed by atoms with Gasteiger partial charge in [-0.2, -0.15) is 31.6 Å². The molecule has 0 aliphatic rings. The Morgan fingerprint density at radius 2 is 1.50 bits per heavy atom. The first kappa shape index (κ1) is 21.1. The van der Waals surface area contributed by atoms with Gasteiger partial charge >= 0.3 is 12.4 Å². The maximum absolute atomic E-state index is 12.8. The summed E-state index contributed by atoms with van der Waals surface area (Å²) < 4.78 is 82.0. The molecule has 0 aromatic heterocycles. The summed E-state index contributed by atoms with van der Waals surface area (Å²) in [5.41, 5.74) is -3.17. The lowest BCUT2D eigenvalue weighted by molar-refractivity contribution is -0.143. The minimum atomic E-state index is -4.96. The molecule has 0 unspecified atom stereocenters. The second kappa shape index (κ2) is 8.21. The summed E-state index contributed by atoms with van der Waals surface area (Å²) in [6.45, 7) is -0.686. The fourth-order valence-corrected chi connectivity index (χ4v) is 2.16. The average molecular weight is 402 g/mol. The molecule has 0 radical (unpaired) electrons. The normalized spacial score (nSPS) is 12.4. The molecule has 10 heteroatoms. The zero-order valence-electron chi connectivity index (χ0n) is 14.2. The SMILES string of the molecule is COc1ccc(/C(C#N)=N\OCc2cc(C(F)(F)F)cc(C(F)(F)F)c2)cc1. The molecule has 0 amide bonds. The fraction of sp³-hybridized carbons (Fsp3) is 0.222. The van der Waals surface area contributed by atoms with Crippen LogP contribution in [0.4, 0.5) is 26.3 Å². The highest BCUT2D eigenvalue weighted by Crippen LogP contribution is 2.36. The van der Waals surface area contributed by atoms with Crippen molar-refractivity contribution in [1.29, 1.82) is 5.26 Å². The summed E-state index contributed by atoms with van der Waals surface area (Å²) in [6.07, 6.45) is -9.92. The number of nitriles is 1. The largest absolute Gasteiger partial charge is 0.497 e. The number of halogens is 6. The third-order valence-corrected chi connectivity index (χ3v) is 3.50. The third kappa shape index (κ3) is 5.39. The topological polar surface area (TPSA) is 54.6 Å². The average Bonchev–Trinajstić information content (AvgIpc) is 2.64. The number of nitrogens with zero attached hydrogens (tertiary/aromatic N) is 2. The van der Waals surface area contributed by atoms with E-state index in [0.29, 0.717) is 23.4 Å². The van der Waals surface area contributed by atoms with Crippen LogP contribution in [-0.4, -0.2) is 12.8 Å². The Morgan fingerprint density at radius 3 is 1.93 bits per heavy atom. The zero-order chi connectivity index (χ0) is 20.9. The van der Waals surface area contributed by atoms with Gasteiger partial charge in [-0.25, -0.2) is 0 Å². The Hall–Kier alpha value is -3.22. The predicted molar refractivity (Wildman–Crippen MR) is 86.4 cm³/mol. The summed E-state index contributed by atoms with van der Waals surface area (Å²) in [4.78, 5) is 4.82. The van der Waals surface area contributed by atoms with E-state index in [1.807, 2.05) is 0 Å². The summed E-state index contributed by atoms with van der Waals surface area (Å²) in [7, 11) is 1.45. The molecular weight excluding hydrogens is 390 g/mol. The van der Waals surface area contributed by atoms with Crippen LogP contribution in [0.3, 0.4) is 0 Å². The van der Waals surface area contributed by atoms with Gasteiger partial charge in [0.2, 0.25) is 0 Å². The highest BCUT2D eigenvalue weighted by Gasteiger charge is 2.36. The van der Waals surface area contributed by atoms with Crippen molar-refractivity contribution in [2.75, 3.05) is 7.11 Å². The number of rotatable bonds is 5. The van der Waals surface area contributed by atoms with Crippen molar-refractivity contribution >= 4 is 5.71 Å². The van der Waals surface area contributed by atoms with Gasteiger partial charge in [-0.3, -0.25) is 0 Å². The minimum Gasteiger partial charge on any atom is -0.497 e. The first-order valence-electron chi connectivity index (χ1n) is 7.57. The zero-order valence-corrected chi connectivity index (χ0v) is 14.2. The maximum Gasteiger partial charge on any atom is 0.416 e. The smallest absolute Gasteiger partial charge is 0.416 e. The molecule has 4 nitrogen and oxygen atoms in total. The Bertz CT molecular complexity index is 864. The molecule has 0 bridgehead atoms. The van der Waals surface area contributed by atoms with Crippen LogP contribution in [-0.2, 0) is 23.8 Å². The molecule has 2 aromatic rings. The molecule has 0 N–H and O–H groups in total. The van der Waals surface area contributed by atoms with Gasteiger partial charge in [0, 0.05) is 5.56 Å². The van der Waals surface area contributed by atoms with E-state index in [1.165, 1.54) is 19.2 Å². The highest BCUT2D eigenvalue weighted by molar-refractivity contribution is 6.11. The number of alkyl halides is 6. The molecule has 148 valence electrons. The molecule has 0 saturated heterocycles. The van der Waals surface area contributed by atoms with Crippen molar-refractivity contribution in [3.63, 3.8) is 0 Å². The van der Waals surface area contributed by atoms with Crippen molar-refractivity contribution in [3.8, 4) is 11.8 Å². The lowest BCUT2D eigenvalue weighted by Gasteiger charge is -2.13. The van der Waals surface area contributed by atoms with Crippen LogP contribution in [0.1, 0.15) is 22.3 Å². The summed E-state index contributed by atoms with van der Waals surface area (Å²) >= 11 is 0. The van der Waals surface area contributed by atoms with Crippen LogP contribution in [0.25, 0.3) is 0 Å². The second-order valence-electron chi connectivity index (χ2n) is 5.47. The molecule has 2 rings (SSSR count). The van der Waals surface area contributed by atoms with E-state index in [4.69, 9.17) is 14.8 Å². The number of hydrogen-bond acceptors (Lipinski definition) is 4. The van der Waals surface area contributed by atoms with Crippen LogP contribution < -0.4 is 4.74 Å². The van der Waals surface area contributed by atoms with Gasteiger partial charge in [-0.1, -0.05) is 5.16 Å². The highest BCUT2D eigenvalue weighted by atomic mass is 19.4. The van der Waals surface area contributed by atoms with Crippen molar-refractivity contribution in [1.82, 2.24) is 0 Å². The van der Waals surface area contributed by atoms with Crippen molar-refractivity contribution in [2.24, 2.45) is 5.16 Å². The molecular formula is C18H12F6N2O2. The lowest BCUT2D eigenvalue weighted by atomic mass is 10.1. The van der Waals surface area contributed by atoms with Crippen molar-refractivity contribution in [3.05, 3.63) is 64.7 Å². The van der Waals surface area contributed by atoms with E-state index in [9.17, 15) is 26.3 Å². The molecule has 0 saturated carbocycles. The first-order chi connectivity index (χ1) is 13.0. The van der Waals surface area contributed by atoms with Gasteiger partial charge in [-0.15, -0.1) is 0 Å². The van der Waals surface area contributed by atoms with Crippen LogP contribution in [0.15, 0.2) is 47.6 Å². The summed E-state index contributed by atoms with van der Waals surface area (Å²) in [5.74, 6) is 0.519. The van der Waals surface area contributed by atoms with Gasteiger partial charge in [-0.05, 0) is 48.0 Å². The quantitative estimate of drug-likeness (QED) is 0.394. The van der Waals surface area contributed by atoms with Crippen LogP contribution in [0, 0.1) is 11.3 Å². The number of methoxy groups -OCH3 is 1. The minimum absolute atomic E-state index is 0.0187. The van der Waals surface area contributed by atoms with E-state index in [1.54, 1.807) is 18.2 Å². The second-order valence-corrected chi connectivity index (χ2v) is 5.47. The van der Waals surface area contributed by atoms with Gasteiger partial charge in [0.25, 0.3) is 0 Å². The third-order valence-electron chi connectivity index (χ3n) is 3.50. The first-order valence-corrected chi connectivity index (χ1v) is 7.57. The Kier molecular flexibility index (Phi) is 6.18. The maximum atomic E-state index is 12.8.